The zero-order chi connectivity index (χ0) is 24.6. The number of hydrogen-bond acceptors (Lipinski definition) is 5. The van der Waals surface area contributed by atoms with Gasteiger partial charge in [-0.15, -0.1) is 0 Å². The number of nitrogens with zero attached hydrogens (tertiary/aromatic N) is 1. The number of rotatable bonds is 11. The van der Waals surface area contributed by atoms with Crippen LogP contribution in [0.2, 0.25) is 0 Å². The Labute approximate surface area is 206 Å². The molecule has 4 aliphatic carbocycles. The minimum Gasteiger partial charge on any atom is -0.481 e. The second kappa shape index (κ2) is 9.75. The first-order valence-corrected chi connectivity index (χ1v) is 13.2. The SMILES string of the molecule is O=C(O)CCCCCCCN1C(=O)c2ccc(C(=O)OCC34CC5CC(CC(C5)C3)C4)cc2C1=O. The Hall–Kier alpha value is -2.70. The molecule has 4 saturated carbocycles. The standard InChI is InChI=1S/C28H35NO6/c30-24(31)6-4-2-1-3-5-9-29-25(32)22-8-7-21(13-23(22)26(29)33)27(34)35-17-28-14-18-10-19(15-28)12-20(11-18)16-28/h7-8,13,18-20H,1-6,9-12,14-17H2,(H,30,31). The van der Waals surface area contributed by atoms with Gasteiger partial charge in [-0.05, 0) is 87.3 Å². The average molecular weight is 482 g/mol. The summed E-state index contributed by atoms with van der Waals surface area (Å²) in [6.07, 6.45) is 11.5. The molecule has 1 aromatic rings. The van der Waals surface area contributed by atoms with Crippen molar-refractivity contribution < 1.29 is 29.0 Å². The summed E-state index contributed by atoms with van der Waals surface area (Å²) in [5.74, 6) is 0.504. The number of carbonyl (C=O) groups excluding carboxylic acids is 3. The molecule has 6 rings (SSSR count). The third kappa shape index (κ3) is 5.00. The van der Waals surface area contributed by atoms with E-state index in [1.807, 2.05) is 0 Å². The van der Waals surface area contributed by atoms with Crippen LogP contribution in [-0.2, 0) is 9.53 Å². The summed E-state index contributed by atoms with van der Waals surface area (Å²) >= 11 is 0. The first-order valence-electron chi connectivity index (χ1n) is 13.2. The molecule has 1 N–H and O–H groups in total. The lowest BCUT2D eigenvalue weighted by Gasteiger charge is -2.56. The van der Waals surface area contributed by atoms with Gasteiger partial charge in [-0.25, -0.2) is 4.79 Å². The second-order valence-electron chi connectivity index (χ2n) is 11.4. The Morgan fingerprint density at radius 3 is 2.14 bits per heavy atom. The van der Waals surface area contributed by atoms with Gasteiger partial charge < -0.3 is 9.84 Å². The van der Waals surface area contributed by atoms with Gasteiger partial charge in [-0.2, -0.15) is 0 Å². The van der Waals surface area contributed by atoms with Crippen molar-refractivity contribution in [1.29, 1.82) is 0 Å². The van der Waals surface area contributed by atoms with Crippen LogP contribution < -0.4 is 0 Å². The van der Waals surface area contributed by atoms with Crippen molar-refractivity contribution in [2.45, 2.75) is 77.0 Å². The number of aliphatic carboxylic acids is 1. The molecule has 35 heavy (non-hydrogen) atoms. The van der Waals surface area contributed by atoms with Gasteiger partial charge in [-0.3, -0.25) is 19.3 Å². The fraction of sp³-hybridized carbons (Fsp3) is 0.643. The van der Waals surface area contributed by atoms with E-state index in [9.17, 15) is 19.2 Å². The van der Waals surface area contributed by atoms with Crippen molar-refractivity contribution in [3.05, 3.63) is 34.9 Å². The van der Waals surface area contributed by atoms with Gasteiger partial charge >= 0.3 is 11.9 Å². The molecule has 7 heteroatoms. The maximum absolute atomic E-state index is 12.9. The van der Waals surface area contributed by atoms with Crippen LogP contribution in [-0.4, -0.2) is 46.9 Å². The highest BCUT2D eigenvalue weighted by molar-refractivity contribution is 6.21. The maximum atomic E-state index is 12.9. The number of ether oxygens (including phenoxy) is 1. The number of hydrogen-bond donors (Lipinski definition) is 1. The Kier molecular flexibility index (Phi) is 6.69. The summed E-state index contributed by atoms with van der Waals surface area (Å²) in [6.45, 7) is 0.787. The number of imide groups is 1. The first-order chi connectivity index (χ1) is 16.8. The summed E-state index contributed by atoms with van der Waals surface area (Å²) in [5, 5.41) is 8.68. The van der Waals surface area contributed by atoms with E-state index >= 15 is 0 Å². The minimum atomic E-state index is -0.785. The van der Waals surface area contributed by atoms with Crippen molar-refractivity contribution in [1.82, 2.24) is 4.90 Å². The smallest absolute Gasteiger partial charge is 0.338 e. The van der Waals surface area contributed by atoms with Crippen molar-refractivity contribution in [2.24, 2.45) is 23.2 Å². The molecule has 4 fully saturated rings. The van der Waals surface area contributed by atoms with Crippen molar-refractivity contribution >= 4 is 23.8 Å². The molecule has 4 bridgehead atoms. The zero-order valence-corrected chi connectivity index (χ0v) is 20.3. The zero-order valence-electron chi connectivity index (χ0n) is 20.3. The Morgan fingerprint density at radius 2 is 1.49 bits per heavy atom. The van der Waals surface area contributed by atoms with Crippen molar-refractivity contribution in [2.75, 3.05) is 13.2 Å². The molecule has 0 saturated heterocycles. The number of carbonyl (C=O) groups is 4. The number of fused-ring (bicyclic) bond motifs is 1. The van der Waals surface area contributed by atoms with E-state index in [1.165, 1.54) is 49.5 Å². The van der Waals surface area contributed by atoms with Gasteiger partial charge in [0.05, 0.1) is 23.3 Å². The van der Waals surface area contributed by atoms with Crippen molar-refractivity contribution in [3.8, 4) is 0 Å². The number of benzene rings is 1. The van der Waals surface area contributed by atoms with E-state index in [2.05, 4.69) is 0 Å². The van der Waals surface area contributed by atoms with Gasteiger partial charge in [0.25, 0.3) is 11.8 Å². The van der Waals surface area contributed by atoms with Crippen LogP contribution in [0.5, 0.6) is 0 Å². The van der Waals surface area contributed by atoms with Crippen LogP contribution in [0.4, 0.5) is 0 Å². The van der Waals surface area contributed by atoms with E-state index in [-0.39, 0.29) is 29.2 Å². The average Bonchev–Trinajstić information content (AvgIpc) is 3.05. The predicted octanol–water partition coefficient (Wildman–Crippen LogP) is 5.08. The van der Waals surface area contributed by atoms with E-state index in [4.69, 9.17) is 9.84 Å². The number of esters is 1. The maximum Gasteiger partial charge on any atom is 0.338 e. The molecule has 0 atom stereocenters. The minimum absolute atomic E-state index is 0.136. The van der Waals surface area contributed by atoms with E-state index in [0.29, 0.717) is 37.1 Å². The third-order valence-electron chi connectivity index (χ3n) is 8.65. The lowest BCUT2D eigenvalue weighted by molar-refractivity contribution is -0.137. The van der Waals surface area contributed by atoms with Gasteiger partial charge in [0.15, 0.2) is 0 Å². The molecule has 7 nitrogen and oxygen atoms in total. The van der Waals surface area contributed by atoms with Crippen LogP contribution in [0.3, 0.4) is 0 Å². The van der Waals surface area contributed by atoms with Crippen LogP contribution in [0.25, 0.3) is 0 Å². The van der Waals surface area contributed by atoms with Gasteiger partial charge in [-0.1, -0.05) is 19.3 Å². The largest absolute Gasteiger partial charge is 0.481 e. The lowest BCUT2D eigenvalue weighted by atomic mass is 9.50. The highest BCUT2D eigenvalue weighted by atomic mass is 16.5. The Morgan fingerprint density at radius 1 is 0.886 bits per heavy atom. The van der Waals surface area contributed by atoms with E-state index in [0.717, 1.165) is 37.0 Å². The van der Waals surface area contributed by atoms with Gasteiger partial charge in [0, 0.05) is 18.4 Å². The molecule has 0 radical (unpaired) electrons. The van der Waals surface area contributed by atoms with Crippen LogP contribution in [0.15, 0.2) is 18.2 Å². The molecule has 1 aromatic carbocycles. The first kappa shape index (κ1) is 24.0. The summed E-state index contributed by atoms with van der Waals surface area (Å²) in [6, 6.07) is 4.68. The highest BCUT2D eigenvalue weighted by Crippen LogP contribution is 2.60. The Balaban J connectivity index is 1.14. The van der Waals surface area contributed by atoms with Crippen molar-refractivity contribution in [3.63, 3.8) is 0 Å². The summed E-state index contributed by atoms with van der Waals surface area (Å²) in [5.41, 5.74) is 1.09. The molecule has 1 heterocycles. The Bertz CT molecular complexity index is 995. The quantitative estimate of drug-likeness (QED) is 0.269. The molecular formula is C28H35NO6. The highest BCUT2D eigenvalue weighted by Gasteiger charge is 2.51. The van der Waals surface area contributed by atoms with Gasteiger partial charge in [0.1, 0.15) is 0 Å². The van der Waals surface area contributed by atoms with Gasteiger partial charge in [0.2, 0.25) is 0 Å². The van der Waals surface area contributed by atoms with Crippen LogP contribution in [0, 0.1) is 23.2 Å². The molecule has 188 valence electrons. The fourth-order valence-corrected chi connectivity index (χ4v) is 7.47. The second-order valence-corrected chi connectivity index (χ2v) is 11.4. The lowest BCUT2D eigenvalue weighted by Crippen LogP contribution is -2.48. The fourth-order valence-electron chi connectivity index (χ4n) is 7.47. The molecule has 2 amide bonds. The summed E-state index contributed by atoms with van der Waals surface area (Å²) in [7, 11) is 0. The number of carboxylic acids is 1. The molecule has 0 spiro atoms. The topological polar surface area (TPSA) is 101 Å². The van der Waals surface area contributed by atoms with Crippen LogP contribution >= 0.6 is 0 Å². The summed E-state index contributed by atoms with van der Waals surface area (Å²) < 4.78 is 5.80. The molecule has 0 aromatic heterocycles. The molecule has 0 unspecified atom stereocenters. The third-order valence-corrected chi connectivity index (χ3v) is 8.65. The normalized spacial score (nSPS) is 28.5. The number of amides is 2. The predicted molar refractivity (Wildman–Crippen MR) is 128 cm³/mol. The molecular weight excluding hydrogens is 446 g/mol. The molecule has 5 aliphatic rings. The molecule has 1 aliphatic heterocycles. The number of unbranched alkanes of at least 4 members (excludes halogenated alkanes) is 4. The monoisotopic (exact) mass is 481 g/mol. The van der Waals surface area contributed by atoms with Crippen LogP contribution in [0.1, 0.15) is 108 Å². The van der Waals surface area contributed by atoms with E-state index in [1.54, 1.807) is 12.1 Å². The number of carboxylic acid groups (broad SMARTS) is 1. The summed E-state index contributed by atoms with van der Waals surface area (Å²) in [4.78, 5) is 50.3. The van der Waals surface area contributed by atoms with E-state index < -0.39 is 11.9 Å².